The Balaban J connectivity index is 1.57. The van der Waals surface area contributed by atoms with Crippen LogP contribution >= 0.6 is 11.8 Å². The third-order valence-corrected chi connectivity index (χ3v) is 6.61. The van der Waals surface area contributed by atoms with Crippen molar-refractivity contribution in [3.8, 4) is 11.4 Å². The number of carboxylic acid groups (broad SMARTS) is 1. The summed E-state index contributed by atoms with van der Waals surface area (Å²) in [5, 5.41) is 13.6. The number of hydrogen-bond acceptors (Lipinski definition) is 7. The van der Waals surface area contributed by atoms with Gasteiger partial charge in [0, 0.05) is 17.0 Å². The number of benzene rings is 2. The Morgan fingerprint density at radius 1 is 1.09 bits per heavy atom. The zero-order valence-corrected chi connectivity index (χ0v) is 20.4. The molecule has 0 aliphatic rings. The number of thioether (sulfide) groups is 1. The molecule has 0 amide bonds. The normalized spacial score (nSPS) is 11.5. The number of furan rings is 1. The van der Waals surface area contributed by atoms with E-state index in [0.29, 0.717) is 24.9 Å². The van der Waals surface area contributed by atoms with Crippen molar-refractivity contribution in [3.05, 3.63) is 83.3 Å². The van der Waals surface area contributed by atoms with Gasteiger partial charge in [0.25, 0.3) is 0 Å². The van der Waals surface area contributed by atoms with Crippen LogP contribution < -0.4 is 4.90 Å². The second-order valence-corrected chi connectivity index (χ2v) is 10.4. The topological polar surface area (TPSA) is 92.6 Å². The van der Waals surface area contributed by atoms with Crippen LogP contribution in [0.1, 0.15) is 36.3 Å². The van der Waals surface area contributed by atoms with E-state index in [0.717, 1.165) is 27.3 Å². The highest BCUT2D eigenvalue weighted by Gasteiger charge is 2.28. The number of aryl methyl sites for hydroxylation is 2. The van der Waals surface area contributed by atoms with Crippen LogP contribution in [0.25, 0.3) is 11.4 Å². The summed E-state index contributed by atoms with van der Waals surface area (Å²) < 4.78 is 10.3. The minimum atomic E-state index is -0.902. The summed E-state index contributed by atoms with van der Waals surface area (Å²) in [6.07, 6.45) is 1.64. The van der Waals surface area contributed by atoms with E-state index in [-0.39, 0.29) is 0 Å². The zero-order chi connectivity index (χ0) is 24.3. The van der Waals surface area contributed by atoms with Gasteiger partial charge in [-0.05, 0) is 63.1 Å². The Morgan fingerprint density at radius 3 is 2.50 bits per heavy atom. The number of nitrogens with zero attached hydrogens (tertiary/aromatic N) is 3. The SMILES string of the molecule is Cc1ccc(-c2noc(N(Cc3ccc(SC(C)(C)C(=O)O)cc3)Cc3ccco3)n2)c(C)c1. The van der Waals surface area contributed by atoms with Gasteiger partial charge >= 0.3 is 12.0 Å². The summed E-state index contributed by atoms with van der Waals surface area (Å²) in [4.78, 5) is 19.0. The molecule has 4 rings (SSSR count). The molecule has 4 aromatic rings. The van der Waals surface area contributed by atoms with Crippen LogP contribution in [0.5, 0.6) is 0 Å². The van der Waals surface area contributed by atoms with Crippen LogP contribution in [0.4, 0.5) is 6.01 Å². The van der Waals surface area contributed by atoms with Crippen molar-refractivity contribution in [1.29, 1.82) is 0 Å². The number of carboxylic acids is 1. The van der Waals surface area contributed by atoms with E-state index in [1.807, 2.05) is 60.4 Å². The lowest BCUT2D eigenvalue weighted by molar-refractivity contribution is -0.138. The van der Waals surface area contributed by atoms with Gasteiger partial charge in [-0.3, -0.25) is 4.79 Å². The summed E-state index contributed by atoms with van der Waals surface area (Å²) >= 11 is 1.32. The maximum Gasteiger partial charge on any atom is 0.325 e. The molecule has 0 radical (unpaired) electrons. The number of anilines is 1. The Labute approximate surface area is 202 Å². The first-order valence-electron chi connectivity index (χ1n) is 10.9. The number of hydrogen-bond donors (Lipinski definition) is 1. The first-order chi connectivity index (χ1) is 16.2. The lowest BCUT2D eigenvalue weighted by Crippen LogP contribution is -2.26. The maximum absolute atomic E-state index is 11.4. The fraction of sp³-hybridized carbons (Fsp3) is 0.269. The van der Waals surface area contributed by atoms with Crippen molar-refractivity contribution in [2.45, 2.75) is 50.4 Å². The maximum atomic E-state index is 11.4. The second-order valence-electron chi connectivity index (χ2n) is 8.72. The van der Waals surface area contributed by atoms with E-state index in [9.17, 15) is 9.90 Å². The average Bonchev–Trinajstić information content (AvgIpc) is 3.47. The Morgan fingerprint density at radius 2 is 1.85 bits per heavy atom. The molecule has 176 valence electrons. The van der Waals surface area contributed by atoms with Gasteiger partial charge in [-0.15, -0.1) is 11.8 Å². The van der Waals surface area contributed by atoms with E-state index < -0.39 is 10.7 Å². The third-order valence-electron chi connectivity index (χ3n) is 5.42. The van der Waals surface area contributed by atoms with E-state index in [4.69, 9.17) is 8.94 Å². The Bertz CT molecular complexity index is 1260. The van der Waals surface area contributed by atoms with Crippen LogP contribution in [0.2, 0.25) is 0 Å². The van der Waals surface area contributed by atoms with Crippen LogP contribution in [0.3, 0.4) is 0 Å². The smallest absolute Gasteiger partial charge is 0.325 e. The molecule has 8 heteroatoms. The molecule has 0 aliphatic carbocycles. The highest BCUT2D eigenvalue weighted by Crippen LogP contribution is 2.33. The quantitative estimate of drug-likeness (QED) is 0.289. The highest BCUT2D eigenvalue weighted by atomic mass is 32.2. The van der Waals surface area contributed by atoms with Gasteiger partial charge < -0.3 is 18.9 Å². The molecule has 0 atom stereocenters. The molecular weight excluding hydrogens is 450 g/mol. The van der Waals surface area contributed by atoms with E-state index in [1.165, 1.54) is 17.3 Å². The third kappa shape index (κ3) is 5.51. The molecule has 1 N–H and O–H groups in total. The highest BCUT2D eigenvalue weighted by molar-refractivity contribution is 8.01. The van der Waals surface area contributed by atoms with Crippen molar-refractivity contribution >= 4 is 23.7 Å². The lowest BCUT2D eigenvalue weighted by Gasteiger charge is -2.20. The number of rotatable bonds is 9. The first kappa shape index (κ1) is 23.6. The van der Waals surface area contributed by atoms with Gasteiger partial charge in [-0.2, -0.15) is 4.98 Å². The average molecular weight is 478 g/mol. The van der Waals surface area contributed by atoms with Gasteiger partial charge in [-0.1, -0.05) is 41.1 Å². The minimum absolute atomic E-state index is 0.400. The van der Waals surface area contributed by atoms with Crippen LogP contribution in [-0.2, 0) is 17.9 Å². The summed E-state index contributed by atoms with van der Waals surface area (Å²) in [6.45, 7) is 8.45. The monoisotopic (exact) mass is 477 g/mol. The molecule has 2 heterocycles. The second kappa shape index (κ2) is 9.77. The van der Waals surface area contributed by atoms with Gasteiger partial charge in [0.15, 0.2) is 0 Å². The summed E-state index contributed by atoms with van der Waals surface area (Å²) in [5.74, 6) is 0.475. The number of aromatic nitrogens is 2. The summed E-state index contributed by atoms with van der Waals surface area (Å²) in [6, 6.07) is 18.1. The van der Waals surface area contributed by atoms with Gasteiger partial charge in [0.05, 0.1) is 12.8 Å². The standard InChI is InChI=1S/C26H27N3O4S/c1-17-7-12-22(18(2)14-17)23-27-25(33-28-23)29(16-20-6-5-13-32-20)15-19-8-10-21(11-9-19)34-26(3,4)24(30)31/h5-14H,15-16H2,1-4H3,(H,30,31). The molecule has 0 unspecified atom stereocenters. The van der Waals surface area contributed by atoms with Crippen molar-refractivity contribution in [2.75, 3.05) is 4.90 Å². The Kier molecular flexibility index (Phi) is 6.79. The molecule has 0 spiro atoms. The van der Waals surface area contributed by atoms with Crippen molar-refractivity contribution in [3.63, 3.8) is 0 Å². The summed E-state index contributed by atoms with van der Waals surface area (Å²) in [5.41, 5.74) is 4.22. The molecular formula is C26H27N3O4S. The molecule has 2 aromatic carbocycles. The van der Waals surface area contributed by atoms with Crippen molar-refractivity contribution in [2.24, 2.45) is 0 Å². The van der Waals surface area contributed by atoms with E-state index >= 15 is 0 Å². The molecule has 0 fully saturated rings. The number of aliphatic carboxylic acids is 1. The lowest BCUT2D eigenvalue weighted by atomic mass is 10.1. The number of carbonyl (C=O) groups is 1. The van der Waals surface area contributed by atoms with Crippen LogP contribution in [0.15, 0.2) is 74.7 Å². The predicted octanol–water partition coefficient (Wildman–Crippen LogP) is 6.11. The fourth-order valence-corrected chi connectivity index (χ4v) is 4.47. The molecule has 0 saturated heterocycles. The van der Waals surface area contributed by atoms with Crippen LogP contribution in [-0.4, -0.2) is 26.0 Å². The molecule has 0 aliphatic heterocycles. The van der Waals surface area contributed by atoms with Crippen LogP contribution in [0, 0.1) is 13.8 Å². The first-order valence-corrected chi connectivity index (χ1v) is 11.7. The van der Waals surface area contributed by atoms with Gasteiger partial charge in [0.1, 0.15) is 10.5 Å². The summed E-state index contributed by atoms with van der Waals surface area (Å²) in [7, 11) is 0. The fourth-order valence-electron chi connectivity index (χ4n) is 3.52. The molecule has 0 bridgehead atoms. The van der Waals surface area contributed by atoms with E-state index in [2.05, 4.69) is 23.1 Å². The van der Waals surface area contributed by atoms with Gasteiger partial charge in [-0.25, -0.2) is 0 Å². The molecule has 2 aromatic heterocycles. The van der Waals surface area contributed by atoms with Crippen molar-refractivity contribution in [1.82, 2.24) is 10.1 Å². The molecule has 7 nitrogen and oxygen atoms in total. The van der Waals surface area contributed by atoms with Crippen molar-refractivity contribution < 1.29 is 18.8 Å². The molecule has 34 heavy (non-hydrogen) atoms. The Hall–Kier alpha value is -3.52. The predicted molar refractivity (Wildman–Crippen MR) is 132 cm³/mol. The minimum Gasteiger partial charge on any atom is -0.480 e. The van der Waals surface area contributed by atoms with Gasteiger partial charge in [0.2, 0.25) is 5.82 Å². The molecule has 0 saturated carbocycles. The zero-order valence-electron chi connectivity index (χ0n) is 19.6. The largest absolute Gasteiger partial charge is 0.480 e. The van der Waals surface area contributed by atoms with E-state index in [1.54, 1.807) is 20.1 Å².